The van der Waals surface area contributed by atoms with Gasteiger partial charge in [0.15, 0.2) is 0 Å². The number of nitrogens with one attached hydrogen (secondary N) is 1. The summed E-state index contributed by atoms with van der Waals surface area (Å²) in [5.41, 5.74) is 0.0290. The van der Waals surface area contributed by atoms with Gasteiger partial charge in [-0.2, -0.15) is 0 Å². The summed E-state index contributed by atoms with van der Waals surface area (Å²) in [5, 5.41) is 3.58. The zero-order chi connectivity index (χ0) is 12.0. The van der Waals surface area contributed by atoms with Crippen molar-refractivity contribution in [1.82, 2.24) is 10.2 Å². The molecule has 0 aromatic heterocycles. The second-order valence-corrected chi connectivity index (χ2v) is 5.39. The number of hydrogen-bond donors (Lipinski definition) is 1. The minimum absolute atomic E-state index is 0.0290. The van der Waals surface area contributed by atoms with Gasteiger partial charge in [0.05, 0.1) is 12.2 Å². The summed E-state index contributed by atoms with van der Waals surface area (Å²) in [7, 11) is 0. The maximum Gasteiger partial charge on any atom is 0.0753 e. The van der Waals surface area contributed by atoms with Gasteiger partial charge in [0.25, 0.3) is 0 Å². The molecule has 0 amide bonds. The first-order valence-electron chi connectivity index (χ1n) is 6.67. The Morgan fingerprint density at radius 1 is 1.38 bits per heavy atom. The van der Waals surface area contributed by atoms with Gasteiger partial charge < -0.3 is 10.1 Å². The van der Waals surface area contributed by atoms with Crippen molar-refractivity contribution < 1.29 is 4.74 Å². The van der Waals surface area contributed by atoms with Crippen LogP contribution in [0.15, 0.2) is 0 Å². The van der Waals surface area contributed by atoms with Crippen LogP contribution in [0.5, 0.6) is 0 Å². The van der Waals surface area contributed by atoms with E-state index in [1.807, 2.05) is 0 Å². The highest BCUT2D eigenvalue weighted by molar-refractivity contribution is 4.82. The number of ether oxygens (including phenoxy) is 1. The summed E-state index contributed by atoms with van der Waals surface area (Å²) >= 11 is 0. The van der Waals surface area contributed by atoms with Gasteiger partial charge in [0.2, 0.25) is 0 Å². The molecule has 3 nitrogen and oxygen atoms in total. The minimum Gasteiger partial charge on any atom is -0.373 e. The van der Waals surface area contributed by atoms with Crippen LogP contribution in [0, 0.1) is 0 Å². The summed E-state index contributed by atoms with van der Waals surface area (Å²) in [6, 6.07) is 0.642. The van der Waals surface area contributed by atoms with Gasteiger partial charge in [-0.3, -0.25) is 4.90 Å². The van der Waals surface area contributed by atoms with E-state index in [-0.39, 0.29) is 5.60 Å². The molecule has 1 saturated heterocycles. The lowest BCUT2D eigenvalue weighted by atomic mass is 10.1. The number of hydrogen-bond acceptors (Lipinski definition) is 3. The second kappa shape index (κ2) is 6.58. The van der Waals surface area contributed by atoms with Gasteiger partial charge in [-0.1, -0.05) is 20.3 Å². The van der Waals surface area contributed by atoms with E-state index < -0.39 is 0 Å². The van der Waals surface area contributed by atoms with Gasteiger partial charge in [-0.15, -0.1) is 0 Å². The summed E-state index contributed by atoms with van der Waals surface area (Å²) in [6.07, 6.45) is 2.52. The Morgan fingerprint density at radius 2 is 2.12 bits per heavy atom. The molecule has 96 valence electrons. The molecule has 1 unspecified atom stereocenters. The maximum atomic E-state index is 5.73. The van der Waals surface area contributed by atoms with Crippen molar-refractivity contribution in [2.24, 2.45) is 0 Å². The predicted molar refractivity (Wildman–Crippen MR) is 68.8 cm³/mol. The first-order valence-corrected chi connectivity index (χ1v) is 6.67. The molecule has 16 heavy (non-hydrogen) atoms. The molecule has 0 bridgehead atoms. The molecular weight excluding hydrogens is 200 g/mol. The molecule has 0 aliphatic carbocycles. The predicted octanol–water partition coefficient (Wildman–Crippen LogP) is 1.88. The Balaban J connectivity index is 2.38. The van der Waals surface area contributed by atoms with Crippen molar-refractivity contribution in [2.45, 2.75) is 52.2 Å². The molecule has 1 rings (SSSR count). The van der Waals surface area contributed by atoms with Crippen LogP contribution in [0.2, 0.25) is 0 Å². The van der Waals surface area contributed by atoms with Crippen molar-refractivity contribution in [3.8, 4) is 0 Å². The molecule has 0 spiro atoms. The molecule has 1 N–H and O–H groups in total. The summed E-state index contributed by atoms with van der Waals surface area (Å²) in [4.78, 5) is 2.53. The fourth-order valence-corrected chi connectivity index (χ4v) is 2.48. The van der Waals surface area contributed by atoms with E-state index in [9.17, 15) is 0 Å². The third-order valence-electron chi connectivity index (χ3n) is 3.11. The largest absolute Gasteiger partial charge is 0.373 e. The number of morpholine rings is 1. The first kappa shape index (κ1) is 13.9. The minimum atomic E-state index is 0.0290. The Morgan fingerprint density at radius 3 is 2.69 bits per heavy atom. The molecule has 0 aromatic rings. The Labute approximate surface area is 101 Å². The third kappa shape index (κ3) is 4.81. The van der Waals surface area contributed by atoms with Crippen LogP contribution in [0.25, 0.3) is 0 Å². The van der Waals surface area contributed by atoms with Crippen molar-refractivity contribution in [3.63, 3.8) is 0 Å². The van der Waals surface area contributed by atoms with Crippen LogP contribution in [-0.2, 0) is 4.74 Å². The molecule has 1 fully saturated rings. The van der Waals surface area contributed by atoms with E-state index in [4.69, 9.17) is 4.74 Å². The van der Waals surface area contributed by atoms with Crippen molar-refractivity contribution in [3.05, 3.63) is 0 Å². The second-order valence-electron chi connectivity index (χ2n) is 5.39. The average Bonchev–Trinajstić information content (AvgIpc) is 2.16. The highest BCUT2D eigenvalue weighted by Gasteiger charge is 2.27. The lowest BCUT2D eigenvalue weighted by Crippen LogP contribution is -2.52. The van der Waals surface area contributed by atoms with Crippen molar-refractivity contribution in [1.29, 1.82) is 0 Å². The topological polar surface area (TPSA) is 24.5 Å². The molecular formula is C13H28N2O. The van der Waals surface area contributed by atoms with E-state index in [2.05, 4.69) is 37.9 Å². The van der Waals surface area contributed by atoms with Crippen molar-refractivity contribution >= 4 is 0 Å². The Hall–Kier alpha value is -0.120. The molecule has 1 aliphatic rings. The maximum absolute atomic E-state index is 5.73. The van der Waals surface area contributed by atoms with Crippen molar-refractivity contribution in [2.75, 3.05) is 32.8 Å². The molecule has 0 radical (unpaired) electrons. The highest BCUT2D eigenvalue weighted by atomic mass is 16.5. The Kier molecular flexibility index (Phi) is 5.73. The zero-order valence-electron chi connectivity index (χ0n) is 11.4. The monoisotopic (exact) mass is 228 g/mol. The first-order chi connectivity index (χ1) is 7.57. The van der Waals surface area contributed by atoms with E-state index in [1.165, 1.54) is 12.8 Å². The van der Waals surface area contributed by atoms with E-state index >= 15 is 0 Å². The molecule has 1 aliphatic heterocycles. The van der Waals surface area contributed by atoms with E-state index in [0.29, 0.717) is 6.04 Å². The van der Waals surface area contributed by atoms with E-state index in [0.717, 1.165) is 32.8 Å². The fraction of sp³-hybridized carbons (Fsp3) is 1.00. The normalized spacial score (nSPS) is 23.2. The van der Waals surface area contributed by atoms with E-state index in [1.54, 1.807) is 0 Å². The molecule has 3 heteroatoms. The number of rotatable bonds is 6. The standard InChI is InChI=1S/C13H28N2O/c1-5-7-12(14-6-2)10-15-8-9-16-13(3,4)11-15/h12,14H,5-11H2,1-4H3. The van der Waals surface area contributed by atoms with Crippen LogP contribution in [0.4, 0.5) is 0 Å². The van der Waals surface area contributed by atoms with Gasteiger partial charge in [-0.25, -0.2) is 0 Å². The molecule has 0 saturated carbocycles. The summed E-state index contributed by atoms with van der Waals surface area (Å²) in [6.45, 7) is 14.0. The lowest BCUT2D eigenvalue weighted by molar-refractivity contribution is -0.0876. The highest BCUT2D eigenvalue weighted by Crippen LogP contribution is 2.16. The molecule has 1 atom stereocenters. The smallest absolute Gasteiger partial charge is 0.0753 e. The zero-order valence-corrected chi connectivity index (χ0v) is 11.4. The number of nitrogens with zero attached hydrogens (tertiary/aromatic N) is 1. The average molecular weight is 228 g/mol. The summed E-state index contributed by atoms with van der Waals surface area (Å²) in [5.74, 6) is 0. The third-order valence-corrected chi connectivity index (χ3v) is 3.11. The van der Waals surface area contributed by atoms with Gasteiger partial charge >= 0.3 is 0 Å². The van der Waals surface area contributed by atoms with Crippen LogP contribution in [-0.4, -0.2) is 49.3 Å². The quantitative estimate of drug-likeness (QED) is 0.751. The van der Waals surface area contributed by atoms with Gasteiger partial charge in [0.1, 0.15) is 0 Å². The summed E-state index contributed by atoms with van der Waals surface area (Å²) < 4.78 is 5.73. The van der Waals surface area contributed by atoms with Crippen LogP contribution in [0.1, 0.15) is 40.5 Å². The van der Waals surface area contributed by atoms with Crippen LogP contribution >= 0.6 is 0 Å². The number of likely N-dealkylation sites (N-methyl/N-ethyl adjacent to an activating group) is 1. The molecule has 1 heterocycles. The Bertz CT molecular complexity index is 188. The van der Waals surface area contributed by atoms with Gasteiger partial charge in [0, 0.05) is 25.7 Å². The fourth-order valence-electron chi connectivity index (χ4n) is 2.48. The van der Waals surface area contributed by atoms with Crippen LogP contribution in [0.3, 0.4) is 0 Å². The SMILES string of the molecule is CCCC(CN1CCOC(C)(C)C1)NCC. The van der Waals surface area contributed by atoms with Crippen LogP contribution < -0.4 is 5.32 Å². The lowest BCUT2D eigenvalue weighted by Gasteiger charge is -2.39. The van der Waals surface area contributed by atoms with Gasteiger partial charge in [-0.05, 0) is 26.8 Å². The molecule has 0 aromatic carbocycles.